The van der Waals surface area contributed by atoms with Crippen molar-refractivity contribution < 1.29 is 4.58 Å². The zero-order chi connectivity index (χ0) is 14.8. The zero-order valence-corrected chi connectivity index (χ0v) is 13.0. The molecule has 1 aliphatic rings. The molecule has 0 spiro atoms. The molecule has 2 nitrogen and oxygen atoms in total. The van der Waals surface area contributed by atoms with E-state index in [1.165, 1.54) is 17.0 Å². The van der Waals surface area contributed by atoms with Gasteiger partial charge in [0.15, 0.2) is 0 Å². The van der Waals surface area contributed by atoms with Gasteiger partial charge in [0.1, 0.15) is 12.1 Å². The second kappa shape index (κ2) is 5.72. The highest BCUT2D eigenvalue weighted by Crippen LogP contribution is 2.36. The lowest BCUT2D eigenvalue weighted by Gasteiger charge is -2.41. The minimum absolute atomic E-state index is 0.300. The quantitative estimate of drug-likeness (QED) is 0.779. The molecule has 2 aromatic rings. The Bertz CT molecular complexity index is 588. The highest BCUT2D eigenvalue weighted by atomic mass is 15.3. The fourth-order valence-corrected chi connectivity index (χ4v) is 3.21. The molecule has 1 unspecified atom stereocenters. The lowest BCUT2D eigenvalue weighted by Crippen LogP contribution is -2.55. The molecule has 1 atom stereocenters. The van der Waals surface area contributed by atoms with Crippen molar-refractivity contribution in [3.8, 4) is 0 Å². The van der Waals surface area contributed by atoms with Gasteiger partial charge in [-0.15, -0.1) is 0 Å². The van der Waals surface area contributed by atoms with Gasteiger partial charge in [0.25, 0.3) is 5.84 Å². The summed E-state index contributed by atoms with van der Waals surface area (Å²) in [5.41, 5.74) is 2.71. The lowest BCUT2D eigenvalue weighted by atomic mass is 9.90. The van der Waals surface area contributed by atoms with Crippen molar-refractivity contribution in [3.05, 3.63) is 71.8 Å². The highest BCUT2D eigenvalue weighted by molar-refractivity contribution is 5.85. The van der Waals surface area contributed by atoms with E-state index in [1.807, 2.05) is 0 Å². The molecule has 21 heavy (non-hydrogen) atoms. The second-order valence-corrected chi connectivity index (χ2v) is 5.99. The number of likely N-dealkylation sites (tertiary alicyclic amines) is 1. The predicted molar refractivity (Wildman–Crippen MR) is 87.8 cm³/mol. The first-order chi connectivity index (χ1) is 10.2. The maximum Gasteiger partial charge on any atom is 0.251 e. The molecule has 0 aromatic heterocycles. The fraction of sp³-hybridized carbons (Fsp3) is 0.316. The third-order valence-electron chi connectivity index (χ3n) is 4.28. The van der Waals surface area contributed by atoms with Crippen LogP contribution >= 0.6 is 0 Å². The van der Waals surface area contributed by atoms with Crippen LogP contribution in [0.3, 0.4) is 0 Å². The summed E-state index contributed by atoms with van der Waals surface area (Å²) in [7, 11) is 4.28. The van der Waals surface area contributed by atoms with Crippen LogP contribution < -0.4 is 0 Å². The molecule has 0 saturated carbocycles. The first kappa shape index (κ1) is 13.9. The van der Waals surface area contributed by atoms with Gasteiger partial charge in [-0.1, -0.05) is 60.7 Å². The Morgan fingerprint density at radius 3 is 1.76 bits per heavy atom. The van der Waals surface area contributed by atoms with Crippen LogP contribution in [-0.4, -0.2) is 35.4 Å². The molecule has 0 bridgehead atoms. The van der Waals surface area contributed by atoms with Crippen LogP contribution in [-0.2, 0) is 0 Å². The average Bonchev–Trinajstić information content (AvgIpc) is 2.51. The molecule has 1 aliphatic heterocycles. The standard InChI is InChI=1S/C19H23N2/c1-15-14-18(20(2)3)21(15)19(16-10-6-4-7-11-16)17-12-8-5-9-13-17/h4-13,15,19H,14H2,1-3H3/q+1. The number of benzene rings is 2. The molecule has 1 heterocycles. The summed E-state index contributed by atoms with van der Waals surface area (Å²) in [6.07, 6.45) is 1.16. The van der Waals surface area contributed by atoms with Crippen LogP contribution in [0.15, 0.2) is 60.7 Å². The van der Waals surface area contributed by atoms with E-state index >= 15 is 0 Å². The summed E-state index contributed by atoms with van der Waals surface area (Å²) in [6, 6.07) is 22.5. The smallest absolute Gasteiger partial charge is 0.251 e. The summed E-state index contributed by atoms with van der Waals surface area (Å²) in [6.45, 7) is 2.31. The van der Waals surface area contributed by atoms with E-state index in [0.29, 0.717) is 12.1 Å². The van der Waals surface area contributed by atoms with E-state index in [4.69, 9.17) is 0 Å². The molecule has 0 amide bonds. The Morgan fingerprint density at radius 1 is 0.905 bits per heavy atom. The number of hydrogen-bond acceptors (Lipinski definition) is 0. The van der Waals surface area contributed by atoms with Crippen molar-refractivity contribution >= 4 is 5.84 Å². The van der Waals surface area contributed by atoms with Crippen molar-refractivity contribution in [1.29, 1.82) is 0 Å². The lowest BCUT2D eigenvalue weighted by molar-refractivity contribution is -0.476. The van der Waals surface area contributed by atoms with Gasteiger partial charge in [0.05, 0.1) is 20.5 Å². The van der Waals surface area contributed by atoms with Gasteiger partial charge in [-0.25, -0.2) is 0 Å². The second-order valence-electron chi connectivity index (χ2n) is 5.99. The molecule has 108 valence electrons. The van der Waals surface area contributed by atoms with E-state index in [2.05, 4.69) is 91.2 Å². The Morgan fingerprint density at radius 2 is 1.38 bits per heavy atom. The monoisotopic (exact) mass is 279 g/mol. The Balaban J connectivity index is 2.07. The average molecular weight is 279 g/mol. The Labute approximate surface area is 127 Å². The predicted octanol–water partition coefficient (Wildman–Crippen LogP) is 3.54. The van der Waals surface area contributed by atoms with E-state index in [0.717, 1.165) is 6.42 Å². The van der Waals surface area contributed by atoms with E-state index in [-0.39, 0.29) is 0 Å². The molecule has 2 aromatic carbocycles. The van der Waals surface area contributed by atoms with Crippen molar-refractivity contribution in [3.63, 3.8) is 0 Å². The first-order valence-corrected chi connectivity index (χ1v) is 7.60. The number of nitrogens with zero attached hydrogens (tertiary/aromatic N) is 2. The van der Waals surface area contributed by atoms with Crippen molar-refractivity contribution in [2.24, 2.45) is 0 Å². The van der Waals surface area contributed by atoms with Crippen LogP contribution in [0.4, 0.5) is 0 Å². The zero-order valence-electron chi connectivity index (χ0n) is 13.0. The molecule has 0 radical (unpaired) electrons. The molecule has 1 saturated heterocycles. The number of rotatable bonds is 3. The first-order valence-electron chi connectivity index (χ1n) is 7.60. The van der Waals surface area contributed by atoms with Crippen LogP contribution in [0.1, 0.15) is 30.5 Å². The van der Waals surface area contributed by atoms with Crippen molar-refractivity contribution in [2.75, 3.05) is 14.1 Å². The van der Waals surface area contributed by atoms with E-state index < -0.39 is 0 Å². The van der Waals surface area contributed by atoms with Gasteiger partial charge in [-0.2, -0.15) is 0 Å². The third-order valence-corrected chi connectivity index (χ3v) is 4.28. The Kier molecular flexibility index (Phi) is 3.78. The third kappa shape index (κ3) is 2.58. The van der Waals surface area contributed by atoms with Gasteiger partial charge in [0.2, 0.25) is 0 Å². The molecule has 3 rings (SSSR count). The number of amidine groups is 1. The summed E-state index contributed by atoms with van der Waals surface area (Å²) in [4.78, 5) is 2.55. The van der Waals surface area contributed by atoms with Crippen LogP contribution in [0, 0.1) is 0 Å². The van der Waals surface area contributed by atoms with Crippen LogP contribution in [0.25, 0.3) is 0 Å². The maximum atomic E-state index is 2.55. The Hall–Kier alpha value is -2.09. The van der Waals surface area contributed by atoms with Gasteiger partial charge in [0, 0.05) is 11.1 Å². The van der Waals surface area contributed by atoms with Gasteiger partial charge in [-0.05, 0) is 6.92 Å². The van der Waals surface area contributed by atoms with Crippen LogP contribution in [0.5, 0.6) is 0 Å². The maximum absolute atomic E-state index is 2.55. The topological polar surface area (TPSA) is 6.25 Å². The minimum Gasteiger partial charge on any atom is -0.271 e. The molecule has 0 aliphatic carbocycles. The van der Waals surface area contributed by atoms with Gasteiger partial charge >= 0.3 is 0 Å². The van der Waals surface area contributed by atoms with Crippen molar-refractivity contribution in [1.82, 2.24) is 4.90 Å². The largest absolute Gasteiger partial charge is 0.271 e. The van der Waals surface area contributed by atoms with E-state index in [9.17, 15) is 0 Å². The summed E-state index contributed by atoms with van der Waals surface area (Å²) in [5.74, 6) is 1.42. The summed E-state index contributed by atoms with van der Waals surface area (Å²) < 4.78 is 2.25. The van der Waals surface area contributed by atoms with Gasteiger partial charge in [-0.3, -0.25) is 9.48 Å². The van der Waals surface area contributed by atoms with Crippen LogP contribution in [0.2, 0.25) is 0 Å². The summed E-state index contributed by atoms with van der Waals surface area (Å²) >= 11 is 0. The molecular formula is C19H23N2+. The molecular weight excluding hydrogens is 256 g/mol. The minimum atomic E-state index is 0.300. The normalized spacial score (nSPS) is 17.8. The number of hydrogen-bond donors (Lipinski definition) is 0. The SMILES string of the molecule is CC1CC(=[N+](C)C)N1C(c1ccccc1)c1ccccc1. The fourth-order valence-electron chi connectivity index (χ4n) is 3.21. The van der Waals surface area contributed by atoms with E-state index in [1.54, 1.807) is 0 Å². The molecule has 1 fully saturated rings. The highest BCUT2D eigenvalue weighted by Gasteiger charge is 2.45. The molecule has 0 N–H and O–H groups in total. The van der Waals surface area contributed by atoms with Gasteiger partial charge < -0.3 is 0 Å². The summed E-state index contributed by atoms with van der Waals surface area (Å²) in [5, 5.41) is 0. The van der Waals surface area contributed by atoms with Crippen molar-refractivity contribution in [2.45, 2.75) is 25.4 Å². The molecule has 2 heteroatoms.